The Bertz CT molecular complexity index is 448. The zero-order chi connectivity index (χ0) is 12.5. The second-order valence-corrected chi connectivity index (χ2v) is 5.59. The SMILES string of the molecule is COc1cc(C)c(CP(=O)(O)O)c(C)c1C. The largest absolute Gasteiger partial charge is 0.496 e. The monoisotopic (exact) mass is 244 g/mol. The number of aryl methyl sites for hydroxylation is 1. The maximum atomic E-state index is 11.0. The summed E-state index contributed by atoms with van der Waals surface area (Å²) in [7, 11) is -2.44. The fourth-order valence-electron chi connectivity index (χ4n) is 1.76. The Labute approximate surface area is 95.4 Å². The van der Waals surface area contributed by atoms with Crippen molar-refractivity contribution in [1.29, 1.82) is 0 Å². The standard InChI is InChI=1S/C11H17O4P/c1-7-5-11(15-4)9(3)8(2)10(7)6-16(12,13)14/h5H,6H2,1-4H3,(H2,12,13,14). The molecule has 1 aromatic carbocycles. The van der Waals surface area contributed by atoms with Gasteiger partial charge in [0.15, 0.2) is 0 Å². The van der Waals surface area contributed by atoms with Gasteiger partial charge >= 0.3 is 7.60 Å². The van der Waals surface area contributed by atoms with Crippen LogP contribution in [0, 0.1) is 20.8 Å². The van der Waals surface area contributed by atoms with Crippen LogP contribution < -0.4 is 4.74 Å². The summed E-state index contributed by atoms with van der Waals surface area (Å²) < 4.78 is 16.2. The highest BCUT2D eigenvalue weighted by Gasteiger charge is 2.19. The van der Waals surface area contributed by atoms with Gasteiger partial charge in [0.05, 0.1) is 13.3 Å². The molecule has 90 valence electrons. The second kappa shape index (κ2) is 4.58. The number of rotatable bonds is 3. The molecule has 2 N–H and O–H groups in total. The van der Waals surface area contributed by atoms with E-state index >= 15 is 0 Å². The quantitative estimate of drug-likeness (QED) is 0.800. The summed E-state index contributed by atoms with van der Waals surface area (Å²) in [6.07, 6.45) is -0.213. The van der Waals surface area contributed by atoms with Gasteiger partial charge in [0.1, 0.15) is 5.75 Å². The predicted octanol–water partition coefficient (Wildman–Crippen LogP) is 2.30. The Hall–Kier alpha value is -0.830. The summed E-state index contributed by atoms with van der Waals surface area (Å²) >= 11 is 0. The molecule has 0 aliphatic heterocycles. The van der Waals surface area contributed by atoms with Crippen LogP contribution in [-0.4, -0.2) is 16.9 Å². The smallest absolute Gasteiger partial charge is 0.329 e. The van der Waals surface area contributed by atoms with Crippen LogP contribution in [0.5, 0.6) is 5.75 Å². The van der Waals surface area contributed by atoms with Gasteiger partial charge < -0.3 is 14.5 Å². The molecule has 0 amide bonds. The van der Waals surface area contributed by atoms with E-state index in [2.05, 4.69) is 0 Å². The lowest BCUT2D eigenvalue weighted by Gasteiger charge is -2.16. The Morgan fingerprint density at radius 2 is 1.81 bits per heavy atom. The van der Waals surface area contributed by atoms with Crippen LogP contribution in [0.3, 0.4) is 0 Å². The number of hydrogen-bond donors (Lipinski definition) is 2. The molecule has 16 heavy (non-hydrogen) atoms. The molecular formula is C11H17O4P. The van der Waals surface area contributed by atoms with E-state index < -0.39 is 7.60 Å². The molecule has 0 aromatic heterocycles. The first-order valence-corrected chi connectivity index (χ1v) is 6.74. The van der Waals surface area contributed by atoms with Gasteiger partial charge in [-0.25, -0.2) is 0 Å². The highest BCUT2D eigenvalue weighted by Crippen LogP contribution is 2.42. The van der Waals surface area contributed by atoms with Crippen molar-refractivity contribution in [2.24, 2.45) is 0 Å². The summed E-state index contributed by atoms with van der Waals surface area (Å²) in [6, 6.07) is 1.81. The molecule has 5 heteroatoms. The van der Waals surface area contributed by atoms with Crippen LogP contribution in [0.4, 0.5) is 0 Å². The summed E-state index contributed by atoms with van der Waals surface area (Å²) in [5.41, 5.74) is 3.38. The summed E-state index contributed by atoms with van der Waals surface area (Å²) in [6.45, 7) is 5.58. The first-order valence-electron chi connectivity index (χ1n) is 4.94. The van der Waals surface area contributed by atoms with Crippen molar-refractivity contribution in [2.45, 2.75) is 26.9 Å². The van der Waals surface area contributed by atoms with E-state index in [9.17, 15) is 4.57 Å². The lowest BCUT2D eigenvalue weighted by atomic mass is 9.99. The third kappa shape index (κ3) is 2.85. The minimum Gasteiger partial charge on any atom is -0.496 e. The van der Waals surface area contributed by atoms with Crippen molar-refractivity contribution in [3.8, 4) is 5.75 Å². The highest BCUT2D eigenvalue weighted by atomic mass is 31.2. The summed E-state index contributed by atoms with van der Waals surface area (Å²) in [5.74, 6) is 0.754. The Morgan fingerprint density at radius 1 is 1.25 bits per heavy atom. The normalized spacial score (nSPS) is 11.6. The first-order chi connectivity index (χ1) is 7.26. The third-order valence-corrected chi connectivity index (χ3v) is 3.52. The molecule has 1 aromatic rings. The molecule has 0 spiro atoms. The fraction of sp³-hybridized carbons (Fsp3) is 0.455. The Balaban J connectivity index is 3.31. The number of ether oxygens (including phenoxy) is 1. The van der Waals surface area contributed by atoms with Crippen molar-refractivity contribution >= 4 is 7.60 Å². The molecule has 0 heterocycles. The lowest BCUT2D eigenvalue weighted by molar-refractivity contribution is 0.371. The van der Waals surface area contributed by atoms with Crippen molar-refractivity contribution in [3.63, 3.8) is 0 Å². The molecular weight excluding hydrogens is 227 g/mol. The second-order valence-electron chi connectivity index (χ2n) is 3.95. The van der Waals surface area contributed by atoms with Gasteiger partial charge in [-0.2, -0.15) is 0 Å². The van der Waals surface area contributed by atoms with Gasteiger partial charge in [-0.05, 0) is 49.1 Å². The first kappa shape index (κ1) is 13.2. The maximum Gasteiger partial charge on any atom is 0.329 e. The van der Waals surface area contributed by atoms with Gasteiger partial charge in [-0.3, -0.25) is 4.57 Å². The van der Waals surface area contributed by atoms with Crippen molar-refractivity contribution in [3.05, 3.63) is 28.3 Å². The molecule has 0 unspecified atom stereocenters. The van der Waals surface area contributed by atoms with Crippen molar-refractivity contribution < 1.29 is 19.1 Å². The van der Waals surface area contributed by atoms with Crippen LogP contribution in [0.2, 0.25) is 0 Å². The van der Waals surface area contributed by atoms with Gasteiger partial charge in [0, 0.05) is 0 Å². The maximum absolute atomic E-state index is 11.0. The Kier molecular flexibility index (Phi) is 3.79. The average molecular weight is 244 g/mol. The van der Waals surface area contributed by atoms with E-state index in [1.54, 1.807) is 7.11 Å². The third-order valence-electron chi connectivity index (χ3n) is 2.79. The van der Waals surface area contributed by atoms with Crippen LogP contribution >= 0.6 is 7.60 Å². The van der Waals surface area contributed by atoms with E-state index in [1.807, 2.05) is 26.8 Å². The molecule has 0 aliphatic rings. The molecule has 0 saturated heterocycles. The van der Waals surface area contributed by atoms with E-state index in [0.29, 0.717) is 5.56 Å². The molecule has 0 radical (unpaired) electrons. The van der Waals surface area contributed by atoms with Gasteiger partial charge in [0.25, 0.3) is 0 Å². The molecule has 0 fully saturated rings. The van der Waals surface area contributed by atoms with Crippen LogP contribution in [0.15, 0.2) is 6.07 Å². The molecule has 0 bridgehead atoms. The van der Waals surface area contributed by atoms with Crippen molar-refractivity contribution in [1.82, 2.24) is 0 Å². The predicted molar refractivity (Wildman–Crippen MR) is 63.0 cm³/mol. The zero-order valence-corrected chi connectivity index (χ0v) is 10.8. The van der Waals surface area contributed by atoms with Gasteiger partial charge in [-0.15, -0.1) is 0 Å². The minimum atomic E-state index is -4.03. The van der Waals surface area contributed by atoms with E-state index in [1.165, 1.54) is 0 Å². The fourth-order valence-corrected chi connectivity index (χ4v) is 2.66. The van der Waals surface area contributed by atoms with Crippen LogP contribution in [0.1, 0.15) is 22.3 Å². The number of benzene rings is 1. The summed E-state index contributed by atoms with van der Waals surface area (Å²) in [5, 5.41) is 0. The summed E-state index contributed by atoms with van der Waals surface area (Å²) in [4.78, 5) is 18.0. The van der Waals surface area contributed by atoms with E-state index in [0.717, 1.165) is 22.4 Å². The van der Waals surface area contributed by atoms with Crippen LogP contribution in [-0.2, 0) is 10.7 Å². The van der Waals surface area contributed by atoms with Crippen LogP contribution in [0.25, 0.3) is 0 Å². The zero-order valence-electron chi connectivity index (χ0n) is 9.94. The lowest BCUT2D eigenvalue weighted by Crippen LogP contribution is -2.00. The topological polar surface area (TPSA) is 66.8 Å². The van der Waals surface area contributed by atoms with E-state index in [-0.39, 0.29) is 6.16 Å². The highest BCUT2D eigenvalue weighted by molar-refractivity contribution is 7.50. The molecule has 0 saturated carbocycles. The van der Waals surface area contributed by atoms with Gasteiger partial charge in [0.2, 0.25) is 0 Å². The van der Waals surface area contributed by atoms with Gasteiger partial charge in [-0.1, -0.05) is 0 Å². The average Bonchev–Trinajstić information content (AvgIpc) is 2.17. The number of methoxy groups -OCH3 is 1. The van der Waals surface area contributed by atoms with Crippen molar-refractivity contribution in [2.75, 3.05) is 7.11 Å². The molecule has 4 nitrogen and oxygen atoms in total. The minimum absolute atomic E-state index is 0.213. The van der Waals surface area contributed by atoms with E-state index in [4.69, 9.17) is 14.5 Å². The Morgan fingerprint density at radius 3 is 2.25 bits per heavy atom. The molecule has 0 atom stereocenters. The molecule has 0 aliphatic carbocycles. The number of hydrogen-bond acceptors (Lipinski definition) is 2. The molecule has 1 rings (SSSR count).